The third kappa shape index (κ3) is 2.47. The first-order valence-corrected chi connectivity index (χ1v) is 7.41. The molecule has 0 N–H and O–H groups in total. The van der Waals surface area contributed by atoms with Gasteiger partial charge in [-0.15, -0.1) is 15.1 Å². The molecule has 0 aliphatic carbocycles. The molecule has 134 valence electrons. The van der Waals surface area contributed by atoms with Crippen LogP contribution in [0.2, 0.25) is 0 Å². The number of benzene rings is 1. The highest BCUT2D eigenvalue weighted by atomic mass is 16.6. The number of hydrazone groups is 1. The Kier molecular flexibility index (Phi) is 4.16. The number of rotatable bonds is 5. The molecule has 0 unspecified atom stereocenters. The quantitative estimate of drug-likeness (QED) is 0.240. The van der Waals surface area contributed by atoms with E-state index >= 15 is 0 Å². The van der Waals surface area contributed by atoms with E-state index in [-0.39, 0.29) is 23.7 Å². The summed E-state index contributed by atoms with van der Waals surface area (Å²) in [6.07, 6.45) is 0. The van der Waals surface area contributed by atoms with Crippen LogP contribution >= 0.6 is 0 Å². The summed E-state index contributed by atoms with van der Waals surface area (Å²) < 4.78 is 4.80. The molecule has 2 aliphatic heterocycles. The van der Waals surface area contributed by atoms with E-state index in [2.05, 4.69) is 10.4 Å². The molecule has 1 aromatic carbocycles. The molecule has 1 aromatic rings. The largest absolute Gasteiger partial charge is 0.461 e. The number of fused-ring (bicyclic) bond motifs is 1. The van der Waals surface area contributed by atoms with Gasteiger partial charge in [0.15, 0.2) is 11.8 Å². The summed E-state index contributed by atoms with van der Waals surface area (Å²) in [6, 6.07) is 3.29. The number of imide groups is 1. The highest BCUT2D eigenvalue weighted by molar-refractivity contribution is 6.46. The number of esters is 1. The lowest BCUT2D eigenvalue weighted by molar-refractivity contribution is -0.384. The predicted molar refractivity (Wildman–Crippen MR) is 84.6 cm³/mol. The maximum Gasteiger partial charge on any atom is 0.355 e. The van der Waals surface area contributed by atoms with Gasteiger partial charge in [-0.25, -0.2) is 9.69 Å². The molecule has 0 saturated carbocycles. The maximum atomic E-state index is 12.7. The van der Waals surface area contributed by atoms with Crippen LogP contribution < -0.4 is 4.90 Å². The fourth-order valence-electron chi connectivity index (χ4n) is 2.81. The van der Waals surface area contributed by atoms with Gasteiger partial charge in [0.25, 0.3) is 11.6 Å². The summed E-state index contributed by atoms with van der Waals surface area (Å²) in [4.78, 5) is 59.1. The second-order valence-corrected chi connectivity index (χ2v) is 5.32. The fourth-order valence-corrected chi connectivity index (χ4v) is 2.81. The maximum absolute atomic E-state index is 12.7. The summed E-state index contributed by atoms with van der Waals surface area (Å²) >= 11 is 0. The number of carbonyl (C=O) groups excluding carboxylic acids is 3. The fraction of sp³-hybridized carbons (Fsp3) is 0.286. The lowest BCUT2D eigenvalue weighted by atomic mass is 9.98. The minimum absolute atomic E-state index is 0.0119. The Bertz CT molecular complexity index is 850. The Hall–Kier alpha value is -3.70. The Morgan fingerprint density at radius 3 is 2.50 bits per heavy atom. The number of nitroso groups, excluding NO2 is 1. The van der Waals surface area contributed by atoms with Crippen LogP contribution in [0, 0.1) is 20.9 Å². The summed E-state index contributed by atoms with van der Waals surface area (Å²) in [5, 5.41) is 17.4. The number of ether oxygens (including phenoxy) is 1. The van der Waals surface area contributed by atoms with Crippen LogP contribution in [-0.4, -0.2) is 46.2 Å². The average Bonchev–Trinajstić information content (AvgIpc) is 3.12. The van der Waals surface area contributed by atoms with E-state index < -0.39 is 34.7 Å². The van der Waals surface area contributed by atoms with Crippen LogP contribution in [0.1, 0.15) is 6.92 Å². The number of nitrogens with zero attached hydrogens (tertiary/aromatic N) is 5. The highest BCUT2D eigenvalue weighted by Gasteiger charge is 2.59. The minimum Gasteiger partial charge on any atom is -0.461 e. The van der Waals surface area contributed by atoms with Crippen molar-refractivity contribution in [1.82, 2.24) is 5.12 Å². The molecule has 1 fully saturated rings. The van der Waals surface area contributed by atoms with Gasteiger partial charge in [-0.05, 0) is 19.1 Å². The van der Waals surface area contributed by atoms with Crippen molar-refractivity contribution in [3.05, 3.63) is 39.3 Å². The van der Waals surface area contributed by atoms with Gasteiger partial charge in [-0.2, -0.15) is 0 Å². The number of hydrogen-bond donors (Lipinski definition) is 0. The van der Waals surface area contributed by atoms with E-state index in [9.17, 15) is 29.4 Å². The molecular formula is C14H11N5O7. The Morgan fingerprint density at radius 1 is 1.31 bits per heavy atom. The molecule has 0 spiro atoms. The first-order chi connectivity index (χ1) is 12.4. The van der Waals surface area contributed by atoms with E-state index in [4.69, 9.17) is 4.74 Å². The zero-order valence-corrected chi connectivity index (χ0v) is 13.3. The van der Waals surface area contributed by atoms with Crippen molar-refractivity contribution >= 4 is 34.9 Å². The van der Waals surface area contributed by atoms with E-state index in [0.717, 1.165) is 17.0 Å². The molecule has 26 heavy (non-hydrogen) atoms. The predicted octanol–water partition coefficient (Wildman–Crippen LogP) is 0.369. The van der Waals surface area contributed by atoms with Crippen molar-refractivity contribution in [3.63, 3.8) is 0 Å². The van der Waals surface area contributed by atoms with Crippen molar-refractivity contribution in [2.24, 2.45) is 16.3 Å². The van der Waals surface area contributed by atoms with Crippen molar-refractivity contribution in [2.75, 3.05) is 11.5 Å². The van der Waals surface area contributed by atoms with Crippen molar-refractivity contribution < 1.29 is 24.0 Å². The van der Waals surface area contributed by atoms with Crippen LogP contribution in [0.5, 0.6) is 0 Å². The summed E-state index contributed by atoms with van der Waals surface area (Å²) in [5.41, 5.74) is -0.550. The number of hydrogen-bond acceptors (Lipinski definition) is 9. The third-order valence-electron chi connectivity index (χ3n) is 3.92. The van der Waals surface area contributed by atoms with Crippen LogP contribution in [0.4, 0.5) is 11.4 Å². The number of nitro groups is 1. The average molecular weight is 361 g/mol. The van der Waals surface area contributed by atoms with E-state index in [1.807, 2.05) is 0 Å². The lowest BCUT2D eigenvalue weighted by Crippen LogP contribution is -2.36. The molecule has 0 aromatic heterocycles. The molecule has 1 saturated heterocycles. The second kappa shape index (κ2) is 6.31. The topological polar surface area (TPSA) is 152 Å². The normalized spacial score (nSPS) is 21.5. The van der Waals surface area contributed by atoms with Crippen LogP contribution in [-0.2, 0) is 19.1 Å². The molecule has 0 radical (unpaired) electrons. The molecule has 2 aliphatic rings. The van der Waals surface area contributed by atoms with E-state index in [1.165, 1.54) is 12.1 Å². The molecule has 12 heteroatoms. The number of anilines is 1. The Balaban J connectivity index is 1.97. The SMILES string of the molecule is CCOC(=O)C1=NN(N=O)[C@H]2C(=O)N(c3ccc([N+](=O)[O-])cc3)C(=O)[C@@H]12. The third-order valence-corrected chi connectivity index (χ3v) is 3.92. The van der Waals surface area contributed by atoms with E-state index in [0.29, 0.717) is 5.12 Å². The van der Waals surface area contributed by atoms with Crippen LogP contribution in [0.25, 0.3) is 0 Å². The lowest BCUT2D eigenvalue weighted by Gasteiger charge is -2.16. The molecule has 2 heterocycles. The molecule has 3 rings (SSSR count). The minimum atomic E-state index is -1.39. The summed E-state index contributed by atoms with van der Waals surface area (Å²) in [6.45, 7) is 1.56. The monoisotopic (exact) mass is 361 g/mol. The first kappa shape index (κ1) is 17.1. The number of nitro benzene ring substituents is 1. The second-order valence-electron chi connectivity index (χ2n) is 5.32. The van der Waals surface area contributed by atoms with Gasteiger partial charge in [-0.1, -0.05) is 0 Å². The zero-order chi connectivity index (χ0) is 19.0. The van der Waals surface area contributed by atoms with Crippen LogP contribution in [0.15, 0.2) is 34.7 Å². The molecule has 12 nitrogen and oxygen atoms in total. The summed E-state index contributed by atoms with van der Waals surface area (Å²) in [5.74, 6) is -3.89. The van der Waals surface area contributed by atoms with E-state index in [1.54, 1.807) is 6.92 Å². The molecule has 0 bridgehead atoms. The summed E-state index contributed by atoms with van der Waals surface area (Å²) in [7, 11) is 0. The molecule has 2 amide bonds. The van der Waals surface area contributed by atoms with Gasteiger partial charge in [0, 0.05) is 12.1 Å². The zero-order valence-electron chi connectivity index (χ0n) is 13.3. The van der Waals surface area contributed by atoms with Gasteiger partial charge in [0.1, 0.15) is 5.92 Å². The van der Waals surface area contributed by atoms with Gasteiger partial charge in [0.05, 0.1) is 22.5 Å². The first-order valence-electron chi connectivity index (χ1n) is 7.41. The number of non-ortho nitro benzene ring substituents is 1. The highest BCUT2D eigenvalue weighted by Crippen LogP contribution is 2.35. The number of amides is 2. The Labute approximate surface area is 145 Å². The van der Waals surface area contributed by atoms with Crippen molar-refractivity contribution in [1.29, 1.82) is 0 Å². The molecule has 2 atom stereocenters. The Morgan fingerprint density at radius 2 is 1.96 bits per heavy atom. The van der Waals surface area contributed by atoms with Crippen molar-refractivity contribution in [2.45, 2.75) is 13.0 Å². The van der Waals surface area contributed by atoms with Crippen molar-refractivity contribution in [3.8, 4) is 0 Å². The molecular weight excluding hydrogens is 350 g/mol. The van der Waals surface area contributed by atoms with Crippen LogP contribution in [0.3, 0.4) is 0 Å². The smallest absolute Gasteiger partial charge is 0.355 e. The van der Waals surface area contributed by atoms with Gasteiger partial charge < -0.3 is 4.74 Å². The van der Waals surface area contributed by atoms with Gasteiger partial charge in [0.2, 0.25) is 5.91 Å². The van der Waals surface area contributed by atoms with Gasteiger partial charge >= 0.3 is 5.97 Å². The number of carbonyl (C=O) groups is 3. The van der Waals surface area contributed by atoms with Gasteiger partial charge in [-0.3, -0.25) is 19.7 Å². The standard InChI is InChI=1S/C14H11N5O7/c1-2-26-14(22)10-9-11(18(15-10)16-23)13(21)17(12(9)20)7-3-5-8(6-4-7)19(24)25/h3-6,9,11H,2H2,1H3/t9-,11+/m0/s1.